The maximum atomic E-state index is 2.18. The summed E-state index contributed by atoms with van der Waals surface area (Å²) in [5, 5.41) is 0. The molecule has 1 aromatic rings. The highest BCUT2D eigenvalue weighted by Crippen LogP contribution is 2.22. The quantitative estimate of drug-likeness (QED) is 0.599. The Bertz CT molecular complexity index is 291. The van der Waals surface area contributed by atoms with Gasteiger partial charge in [-0.1, -0.05) is 62.4 Å². The summed E-state index contributed by atoms with van der Waals surface area (Å²) in [5.74, 6) is 0. The van der Waals surface area contributed by atoms with Crippen LogP contribution in [0.2, 0.25) is 0 Å². The lowest BCUT2D eigenvalue weighted by molar-refractivity contribution is 1.43. The zero-order chi connectivity index (χ0) is 9.52. The Balaban J connectivity index is 0.000000396. The molecule has 1 aliphatic carbocycles. The van der Waals surface area contributed by atoms with Gasteiger partial charge in [0.15, 0.2) is 0 Å². The van der Waals surface area contributed by atoms with E-state index in [1.54, 1.807) is 0 Å². The lowest BCUT2D eigenvalue weighted by Gasteiger charge is -1.99. The maximum Gasteiger partial charge on any atom is -0.00884 e. The topological polar surface area (TPSA) is 0 Å². The molecule has 68 valence electrons. The molecule has 0 atom stereocenters. The van der Waals surface area contributed by atoms with E-state index < -0.39 is 0 Å². The van der Waals surface area contributed by atoms with E-state index >= 15 is 0 Å². The van der Waals surface area contributed by atoms with Crippen LogP contribution < -0.4 is 0 Å². The van der Waals surface area contributed by atoms with Crippen molar-refractivity contribution in [1.29, 1.82) is 0 Å². The fraction of sp³-hybridized carbons (Fsp3) is 0.231. The van der Waals surface area contributed by atoms with Crippen LogP contribution >= 0.6 is 0 Å². The molecule has 0 amide bonds. The van der Waals surface area contributed by atoms with Gasteiger partial charge in [-0.15, -0.1) is 0 Å². The Morgan fingerprint density at radius 3 is 2.23 bits per heavy atom. The van der Waals surface area contributed by atoms with Crippen LogP contribution in [0.15, 0.2) is 48.6 Å². The number of hydrogen-bond acceptors (Lipinski definition) is 0. The van der Waals surface area contributed by atoms with Crippen molar-refractivity contribution in [2.75, 3.05) is 0 Å². The van der Waals surface area contributed by atoms with Crippen molar-refractivity contribution in [1.82, 2.24) is 0 Å². The van der Waals surface area contributed by atoms with Crippen molar-refractivity contribution in [3.8, 4) is 0 Å². The number of rotatable bonds is 1. The molecule has 0 heteroatoms. The minimum Gasteiger partial charge on any atom is -0.0801 e. The second kappa shape index (κ2) is 5.36. The van der Waals surface area contributed by atoms with E-state index in [1.165, 1.54) is 11.1 Å². The lowest BCUT2D eigenvalue weighted by atomic mass is 10.1. The summed E-state index contributed by atoms with van der Waals surface area (Å²) in [6.07, 6.45) is 7.56. The monoisotopic (exact) mass is 172 g/mol. The average Bonchev–Trinajstić information content (AvgIpc) is 2.75. The van der Waals surface area contributed by atoms with Crippen LogP contribution in [0.1, 0.15) is 25.8 Å². The summed E-state index contributed by atoms with van der Waals surface area (Å²) < 4.78 is 0. The molecule has 0 unspecified atom stereocenters. The molecule has 0 saturated heterocycles. The van der Waals surface area contributed by atoms with E-state index in [1.807, 2.05) is 19.9 Å². The van der Waals surface area contributed by atoms with Crippen molar-refractivity contribution < 1.29 is 0 Å². The zero-order valence-corrected chi connectivity index (χ0v) is 8.33. The van der Waals surface area contributed by atoms with E-state index in [0.717, 1.165) is 6.42 Å². The molecule has 0 spiro atoms. The van der Waals surface area contributed by atoms with Crippen molar-refractivity contribution in [3.63, 3.8) is 0 Å². The van der Waals surface area contributed by atoms with E-state index in [4.69, 9.17) is 0 Å². The van der Waals surface area contributed by atoms with Crippen molar-refractivity contribution in [2.24, 2.45) is 0 Å². The Hall–Kier alpha value is -1.30. The van der Waals surface area contributed by atoms with E-state index in [9.17, 15) is 0 Å². The van der Waals surface area contributed by atoms with E-state index in [-0.39, 0.29) is 0 Å². The molecule has 13 heavy (non-hydrogen) atoms. The predicted octanol–water partition coefficient (Wildman–Crippen LogP) is 4.06. The zero-order valence-electron chi connectivity index (χ0n) is 8.33. The fourth-order valence-electron chi connectivity index (χ4n) is 1.31. The molecule has 0 aromatic heterocycles. The third kappa shape index (κ3) is 2.59. The first kappa shape index (κ1) is 9.79. The predicted molar refractivity (Wildman–Crippen MR) is 59.5 cm³/mol. The van der Waals surface area contributed by atoms with Gasteiger partial charge in [-0.3, -0.25) is 0 Å². The van der Waals surface area contributed by atoms with Gasteiger partial charge in [-0.05, 0) is 17.6 Å². The minimum atomic E-state index is 1.09. The second-order valence-corrected chi connectivity index (χ2v) is 2.69. The molecule has 0 N–H and O–H groups in total. The van der Waals surface area contributed by atoms with Crippen molar-refractivity contribution in [2.45, 2.75) is 20.3 Å². The van der Waals surface area contributed by atoms with E-state index in [0.29, 0.717) is 0 Å². The maximum absolute atomic E-state index is 2.18. The average molecular weight is 172 g/mol. The Labute approximate surface area is 80.6 Å². The van der Waals surface area contributed by atoms with Gasteiger partial charge in [0.25, 0.3) is 0 Å². The van der Waals surface area contributed by atoms with Gasteiger partial charge in [0.2, 0.25) is 0 Å². The minimum absolute atomic E-state index is 1.09. The molecule has 0 bridgehead atoms. The molecule has 0 nitrogen and oxygen atoms in total. The third-order valence-electron chi connectivity index (χ3n) is 1.92. The van der Waals surface area contributed by atoms with Gasteiger partial charge in [0.1, 0.15) is 0 Å². The molecule has 0 radical (unpaired) electrons. The number of hydrogen-bond donors (Lipinski definition) is 0. The normalized spacial score (nSPS) is 13.2. The summed E-state index contributed by atoms with van der Waals surface area (Å²) in [6, 6.07) is 10.5. The van der Waals surface area contributed by atoms with Crippen LogP contribution in [0.4, 0.5) is 0 Å². The standard InChI is InChI=1S/C11H10.C2H6/c1-2-6-10(7-3-1)11-8-4-5-9-11;1-2/h1-8H,9H2;1-2H3. The molecule has 0 saturated carbocycles. The van der Waals surface area contributed by atoms with Crippen LogP contribution in [0.25, 0.3) is 5.57 Å². The Morgan fingerprint density at radius 2 is 1.69 bits per heavy atom. The third-order valence-corrected chi connectivity index (χ3v) is 1.92. The van der Waals surface area contributed by atoms with Crippen LogP contribution in [0.5, 0.6) is 0 Å². The van der Waals surface area contributed by atoms with Crippen LogP contribution in [-0.4, -0.2) is 0 Å². The van der Waals surface area contributed by atoms with Gasteiger partial charge in [-0.25, -0.2) is 0 Å². The first-order chi connectivity index (χ1) is 6.47. The summed E-state index contributed by atoms with van der Waals surface area (Å²) in [7, 11) is 0. The Kier molecular flexibility index (Phi) is 4.04. The second-order valence-electron chi connectivity index (χ2n) is 2.69. The molecular weight excluding hydrogens is 156 g/mol. The summed E-state index contributed by atoms with van der Waals surface area (Å²) in [4.78, 5) is 0. The molecule has 0 aliphatic heterocycles. The number of benzene rings is 1. The number of allylic oxidation sites excluding steroid dienone is 4. The van der Waals surface area contributed by atoms with Gasteiger partial charge in [0.05, 0.1) is 0 Å². The largest absolute Gasteiger partial charge is 0.0801 e. The van der Waals surface area contributed by atoms with Crippen LogP contribution in [-0.2, 0) is 0 Å². The molecule has 0 fully saturated rings. The van der Waals surface area contributed by atoms with Crippen LogP contribution in [0, 0.1) is 0 Å². The van der Waals surface area contributed by atoms with Crippen LogP contribution in [0.3, 0.4) is 0 Å². The van der Waals surface area contributed by atoms with Gasteiger partial charge < -0.3 is 0 Å². The summed E-state index contributed by atoms with van der Waals surface area (Å²) in [5.41, 5.74) is 2.77. The lowest BCUT2D eigenvalue weighted by Crippen LogP contribution is -1.77. The molecule has 1 aromatic carbocycles. The molecule has 0 heterocycles. The molecular formula is C13H16. The molecule has 1 aliphatic rings. The Morgan fingerprint density at radius 1 is 1.00 bits per heavy atom. The van der Waals surface area contributed by atoms with Crippen molar-refractivity contribution >= 4 is 5.57 Å². The highest BCUT2D eigenvalue weighted by molar-refractivity contribution is 5.70. The first-order valence-electron chi connectivity index (χ1n) is 4.88. The van der Waals surface area contributed by atoms with Gasteiger partial charge >= 0.3 is 0 Å². The van der Waals surface area contributed by atoms with Crippen molar-refractivity contribution in [3.05, 3.63) is 54.1 Å². The summed E-state index contributed by atoms with van der Waals surface area (Å²) in [6.45, 7) is 4.00. The smallest absolute Gasteiger partial charge is 0.00884 e. The highest BCUT2D eigenvalue weighted by atomic mass is 14.0. The summed E-state index contributed by atoms with van der Waals surface area (Å²) >= 11 is 0. The van der Waals surface area contributed by atoms with Gasteiger partial charge in [0, 0.05) is 0 Å². The SMILES string of the molecule is C1=CCC(c2ccccc2)=C1.CC. The van der Waals surface area contributed by atoms with Gasteiger partial charge in [-0.2, -0.15) is 0 Å². The highest BCUT2D eigenvalue weighted by Gasteiger charge is 2.00. The fourth-order valence-corrected chi connectivity index (χ4v) is 1.31. The van der Waals surface area contributed by atoms with E-state index in [2.05, 4.69) is 42.5 Å². The molecule has 2 rings (SSSR count). The first-order valence-corrected chi connectivity index (χ1v) is 4.88.